The van der Waals surface area contributed by atoms with Crippen molar-refractivity contribution in [3.63, 3.8) is 0 Å². The summed E-state index contributed by atoms with van der Waals surface area (Å²) in [5.74, 6) is -0.381. The third-order valence-corrected chi connectivity index (χ3v) is 6.04. The van der Waals surface area contributed by atoms with Crippen molar-refractivity contribution in [1.82, 2.24) is 5.32 Å². The molecule has 0 saturated carbocycles. The van der Waals surface area contributed by atoms with Crippen molar-refractivity contribution in [2.24, 2.45) is 5.92 Å². The number of carbonyl (C=O) groups is 2. The van der Waals surface area contributed by atoms with E-state index in [-0.39, 0.29) is 33.9 Å². The molecule has 0 saturated heterocycles. The zero-order chi connectivity index (χ0) is 21.6. The number of nitrogens with one attached hydrogen (secondary N) is 3. The lowest BCUT2D eigenvalue weighted by atomic mass is 10.1. The van der Waals surface area contributed by atoms with Crippen LogP contribution in [0.2, 0.25) is 0 Å². The maximum Gasteiger partial charge on any atom is 0.261 e. The minimum atomic E-state index is -3.97. The summed E-state index contributed by atoms with van der Waals surface area (Å²) in [6, 6.07) is 10.9. The minimum absolute atomic E-state index is 0.0172. The summed E-state index contributed by atoms with van der Waals surface area (Å²) in [6.07, 6.45) is 1.83. The topological polar surface area (TPSA) is 104 Å². The van der Waals surface area contributed by atoms with Crippen molar-refractivity contribution in [2.75, 3.05) is 22.8 Å². The average molecular weight is 436 g/mol. The van der Waals surface area contributed by atoms with Crippen LogP contribution in [0.4, 0.5) is 11.4 Å². The normalized spacial score (nSPS) is 11.2. The summed E-state index contributed by atoms with van der Waals surface area (Å²) in [4.78, 5) is 24.6. The van der Waals surface area contributed by atoms with E-state index in [0.29, 0.717) is 12.2 Å². The lowest BCUT2D eigenvalue weighted by Gasteiger charge is -2.15. The van der Waals surface area contributed by atoms with E-state index in [1.54, 1.807) is 24.3 Å². The predicted molar refractivity (Wildman–Crippen MR) is 117 cm³/mol. The zero-order valence-electron chi connectivity index (χ0n) is 16.8. The highest BCUT2D eigenvalue weighted by molar-refractivity contribution is 7.98. The standard InChI is InChI=1S/C20H25N3O4S2/c1-13(2)12-21-20(25)16-7-5-6-8-17(16)23-29(26,27)15-9-10-19(28-4)18(11-15)22-14(3)24/h5-11,13,23H,12H2,1-4H3,(H,21,25)(H,22,24). The van der Waals surface area contributed by atoms with Gasteiger partial charge in [-0.15, -0.1) is 11.8 Å². The molecule has 0 aliphatic rings. The molecule has 2 rings (SSSR count). The predicted octanol–water partition coefficient (Wildman–Crippen LogP) is 3.55. The minimum Gasteiger partial charge on any atom is -0.352 e. The summed E-state index contributed by atoms with van der Waals surface area (Å²) in [6.45, 7) is 5.78. The Kier molecular flexibility index (Phi) is 7.69. The summed E-state index contributed by atoms with van der Waals surface area (Å²) < 4.78 is 28.3. The highest BCUT2D eigenvalue weighted by atomic mass is 32.2. The fourth-order valence-corrected chi connectivity index (χ4v) is 4.15. The molecule has 9 heteroatoms. The van der Waals surface area contributed by atoms with Crippen LogP contribution < -0.4 is 15.4 Å². The van der Waals surface area contributed by atoms with E-state index in [1.807, 2.05) is 20.1 Å². The maximum atomic E-state index is 12.9. The second-order valence-electron chi connectivity index (χ2n) is 6.80. The first-order valence-electron chi connectivity index (χ1n) is 8.99. The van der Waals surface area contributed by atoms with Crippen LogP contribution in [0, 0.1) is 5.92 Å². The monoisotopic (exact) mass is 435 g/mol. The number of thioether (sulfide) groups is 1. The summed E-state index contributed by atoms with van der Waals surface area (Å²) >= 11 is 1.39. The number of sulfonamides is 1. The van der Waals surface area contributed by atoms with Crippen LogP contribution in [0.25, 0.3) is 0 Å². The molecule has 0 spiro atoms. The Morgan fingerprint density at radius 1 is 1.07 bits per heavy atom. The third kappa shape index (κ3) is 6.23. The molecule has 0 bridgehead atoms. The van der Waals surface area contributed by atoms with Gasteiger partial charge in [0.05, 0.1) is 21.8 Å². The first-order valence-corrected chi connectivity index (χ1v) is 11.7. The highest BCUT2D eigenvalue weighted by Gasteiger charge is 2.20. The number of hydrogen-bond donors (Lipinski definition) is 3. The number of rotatable bonds is 8. The molecule has 2 amide bonds. The summed E-state index contributed by atoms with van der Waals surface area (Å²) in [7, 11) is -3.97. The van der Waals surface area contributed by atoms with Crippen molar-refractivity contribution in [3.8, 4) is 0 Å². The van der Waals surface area contributed by atoms with Crippen molar-refractivity contribution in [3.05, 3.63) is 48.0 Å². The van der Waals surface area contributed by atoms with Crippen molar-refractivity contribution >= 4 is 45.0 Å². The molecule has 2 aromatic rings. The van der Waals surface area contributed by atoms with Crippen LogP contribution in [-0.4, -0.2) is 33.0 Å². The Morgan fingerprint density at radius 2 is 1.76 bits per heavy atom. The Bertz CT molecular complexity index is 1000. The molecule has 0 fully saturated rings. The summed E-state index contributed by atoms with van der Waals surface area (Å²) in [5.41, 5.74) is 0.833. The Balaban J connectivity index is 2.35. The molecule has 0 atom stereocenters. The van der Waals surface area contributed by atoms with E-state index < -0.39 is 10.0 Å². The van der Waals surface area contributed by atoms with Crippen LogP contribution >= 0.6 is 11.8 Å². The van der Waals surface area contributed by atoms with Gasteiger partial charge in [0.15, 0.2) is 0 Å². The lowest BCUT2D eigenvalue weighted by Crippen LogP contribution is -2.28. The van der Waals surface area contributed by atoms with Gasteiger partial charge in [-0.05, 0) is 42.5 Å². The first kappa shape index (κ1) is 22.8. The molecule has 0 heterocycles. The molecule has 0 aliphatic heterocycles. The Hall–Kier alpha value is -2.52. The molecule has 156 valence electrons. The average Bonchev–Trinajstić information content (AvgIpc) is 2.65. The van der Waals surface area contributed by atoms with E-state index >= 15 is 0 Å². The quantitative estimate of drug-likeness (QED) is 0.550. The number of benzene rings is 2. The van der Waals surface area contributed by atoms with Gasteiger partial charge in [-0.25, -0.2) is 8.42 Å². The number of anilines is 2. The van der Waals surface area contributed by atoms with Gasteiger partial charge in [-0.3, -0.25) is 14.3 Å². The number of para-hydroxylation sites is 1. The van der Waals surface area contributed by atoms with Crippen LogP contribution in [0.5, 0.6) is 0 Å². The van der Waals surface area contributed by atoms with Crippen LogP contribution in [0.3, 0.4) is 0 Å². The number of hydrogen-bond acceptors (Lipinski definition) is 5. The van der Waals surface area contributed by atoms with E-state index in [9.17, 15) is 18.0 Å². The molecule has 7 nitrogen and oxygen atoms in total. The molecule has 0 aromatic heterocycles. The molecule has 3 N–H and O–H groups in total. The van der Waals surface area contributed by atoms with E-state index in [0.717, 1.165) is 4.90 Å². The maximum absolute atomic E-state index is 12.9. The van der Waals surface area contributed by atoms with Crippen molar-refractivity contribution < 1.29 is 18.0 Å². The summed E-state index contributed by atoms with van der Waals surface area (Å²) in [5, 5.41) is 5.43. The van der Waals surface area contributed by atoms with Crippen molar-refractivity contribution in [2.45, 2.75) is 30.6 Å². The first-order chi connectivity index (χ1) is 13.6. The Morgan fingerprint density at radius 3 is 2.38 bits per heavy atom. The Labute approximate surface area is 175 Å². The highest BCUT2D eigenvalue weighted by Crippen LogP contribution is 2.29. The fourth-order valence-electron chi connectivity index (χ4n) is 2.51. The van der Waals surface area contributed by atoms with Crippen LogP contribution in [0.1, 0.15) is 31.1 Å². The van der Waals surface area contributed by atoms with Gasteiger partial charge in [0.25, 0.3) is 15.9 Å². The smallest absolute Gasteiger partial charge is 0.261 e. The number of amides is 2. The fraction of sp³-hybridized carbons (Fsp3) is 0.300. The molecular formula is C20H25N3O4S2. The molecule has 0 radical (unpaired) electrons. The van der Waals surface area contributed by atoms with Gasteiger partial charge in [0.2, 0.25) is 5.91 Å². The number of carbonyl (C=O) groups excluding carboxylic acids is 2. The lowest BCUT2D eigenvalue weighted by molar-refractivity contribution is -0.114. The van der Waals surface area contributed by atoms with E-state index in [1.165, 1.54) is 36.9 Å². The van der Waals surface area contributed by atoms with Gasteiger partial charge in [0, 0.05) is 18.4 Å². The third-order valence-electron chi connectivity index (χ3n) is 3.88. The van der Waals surface area contributed by atoms with Gasteiger partial charge >= 0.3 is 0 Å². The SMILES string of the molecule is CSc1ccc(S(=O)(=O)Nc2ccccc2C(=O)NCC(C)C)cc1NC(C)=O. The second kappa shape index (κ2) is 9.80. The molecule has 0 aliphatic carbocycles. The largest absolute Gasteiger partial charge is 0.352 e. The zero-order valence-corrected chi connectivity index (χ0v) is 18.4. The van der Waals surface area contributed by atoms with Gasteiger partial charge in [-0.1, -0.05) is 26.0 Å². The second-order valence-corrected chi connectivity index (χ2v) is 9.33. The van der Waals surface area contributed by atoms with Crippen molar-refractivity contribution in [1.29, 1.82) is 0 Å². The molecule has 29 heavy (non-hydrogen) atoms. The van der Waals surface area contributed by atoms with Crippen LogP contribution in [-0.2, 0) is 14.8 Å². The molecular weight excluding hydrogens is 410 g/mol. The van der Waals surface area contributed by atoms with Gasteiger partial charge in [0.1, 0.15) is 0 Å². The molecule has 2 aromatic carbocycles. The van der Waals surface area contributed by atoms with E-state index in [2.05, 4.69) is 15.4 Å². The van der Waals surface area contributed by atoms with Crippen LogP contribution in [0.15, 0.2) is 52.3 Å². The molecule has 0 unspecified atom stereocenters. The van der Waals surface area contributed by atoms with Gasteiger partial charge in [-0.2, -0.15) is 0 Å². The van der Waals surface area contributed by atoms with Gasteiger partial charge < -0.3 is 10.6 Å². The van der Waals surface area contributed by atoms with E-state index in [4.69, 9.17) is 0 Å².